The van der Waals surface area contributed by atoms with Gasteiger partial charge in [0.05, 0.1) is 17.3 Å². The Morgan fingerprint density at radius 2 is 1.64 bits per heavy atom. The highest BCUT2D eigenvalue weighted by molar-refractivity contribution is 5.94. The van der Waals surface area contributed by atoms with Crippen molar-refractivity contribution in [1.82, 2.24) is 0 Å². The van der Waals surface area contributed by atoms with Crippen LogP contribution in [0.3, 0.4) is 0 Å². The van der Waals surface area contributed by atoms with E-state index in [-0.39, 0.29) is 42.7 Å². The highest BCUT2D eigenvalue weighted by atomic mass is 16.3. The number of aliphatic hydroxyl groups excluding tert-OH is 2. The van der Waals surface area contributed by atoms with Crippen LogP contribution in [0.4, 0.5) is 0 Å². The standard InChI is InChI=1S/C30H46O6/c1-25(2,35)12-9-13-29(7,36)23-20(32)15-27(5)21-11-10-17-18(14-19(31)24(34)26(17,3)4)30(21,8)22(33)16-28(23,27)6/h9-10,12,18-21,23,31-32,35-36H,11,13-16H2,1-8H3. The van der Waals surface area contributed by atoms with Crippen LogP contribution in [0.2, 0.25) is 0 Å². The van der Waals surface area contributed by atoms with Gasteiger partial charge in [0, 0.05) is 23.2 Å². The summed E-state index contributed by atoms with van der Waals surface area (Å²) in [7, 11) is 0. The topological polar surface area (TPSA) is 115 Å². The molecule has 4 N–H and O–H groups in total. The highest BCUT2D eigenvalue weighted by Gasteiger charge is 2.73. The summed E-state index contributed by atoms with van der Waals surface area (Å²) in [6.45, 7) is 15.0. The Hall–Kier alpha value is -1.34. The molecular formula is C30H46O6. The van der Waals surface area contributed by atoms with Crippen LogP contribution in [0, 0.1) is 39.4 Å². The van der Waals surface area contributed by atoms with Crippen molar-refractivity contribution in [3.05, 3.63) is 23.8 Å². The van der Waals surface area contributed by atoms with Crippen LogP contribution < -0.4 is 0 Å². The molecule has 0 saturated heterocycles. The minimum Gasteiger partial charge on any atom is -0.393 e. The molecule has 0 aromatic heterocycles. The van der Waals surface area contributed by atoms with Crippen molar-refractivity contribution in [1.29, 1.82) is 0 Å². The summed E-state index contributed by atoms with van der Waals surface area (Å²) < 4.78 is 0. The molecule has 0 aliphatic heterocycles. The van der Waals surface area contributed by atoms with Gasteiger partial charge in [-0.1, -0.05) is 44.6 Å². The Labute approximate surface area is 215 Å². The number of hydrogen-bond acceptors (Lipinski definition) is 6. The molecule has 0 heterocycles. The van der Waals surface area contributed by atoms with E-state index in [0.717, 1.165) is 5.57 Å². The van der Waals surface area contributed by atoms with Gasteiger partial charge >= 0.3 is 0 Å². The van der Waals surface area contributed by atoms with Crippen LogP contribution in [0.25, 0.3) is 0 Å². The van der Waals surface area contributed by atoms with Gasteiger partial charge in [-0.15, -0.1) is 0 Å². The molecule has 202 valence electrons. The van der Waals surface area contributed by atoms with Gasteiger partial charge < -0.3 is 20.4 Å². The third-order valence-corrected chi connectivity index (χ3v) is 11.1. The minimum absolute atomic E-state index is 0.0800. The Balaban J connectivity index is 1.77. The van der Waals surface area contributed by atoms with Gasteiger partial charge in [-0.2, -0.15) is 0 Å². The van der Waals surface area contributed by atoms with E-state index in [0.29, 0.717) is 12.8 Å². The lowest BCUT2D eigenvalue weighted by atomic mass is 9.38. The molecule has 0 aromatic carbocycles. The third-order valence-electron chi connectivity index (χ3n) is 11.1. The van der Waals surface area contributed by atoms with Gasteiger partial charge in [0.1, 0.15) is 11.9 Å². The lowest BCUT2D eigenvalue weighted by Gasteiger charge is -2.64. The zero-order valence-corrected chi connectivity index (χ0v) is 23.3. The molecule has 0 radical (unpaired) electrons. The molecule has 0 bridgehead atoms. The van der Waals surface area contributed by atoms with E-state index in [2.05, 4.69) is 19.9 Å². The fraction of sp³-hybridized carbons (Fsp3) is 0.800. The Bertz CT molecular complexity index is 1010. The van der Waals surface area contributed by atoms with Gasteiger partial charge in [-0.3, -0.25) is 9.59 Å². The molecule has 4 aliphatic rings. The van der Waals surface area contributed by atoms with Crippen molar-refractivity contribution in [2.45, 2.75) is 111 Å². The number of fused-ring (bicyclic) bond motifs is 5. The highest BCUT2D eigenvalue weighted by Crippen LogP contribution is 2.74. The first kappa shape index (κ1) is 27.7. The lowest BCUT2D eigenvalue weighted by molar-refractivity contribution is -0.182. The van der Waals surface area contributed by atoms with Gasteiger partial charge in [0.25, 0.3) is 0 Å². The smallest absolute Gasteiger partial charge is 0.170 e. The molecule has 6 nitrogen and oxygen atoms in total. The fourth-order valence-corrected chi connectivity index (χ4v) is 9.22. The summed E-state index contributed by atoms with van der Waals surface area (Å²) in [6.07, 6.45) is 5.55. The molecule has 3 saturated carbocycles. The number of Topliss-reactive ketones (excluding diaryl/α,β-unsaturated/α-hetero) is 2. The van der Waals surface area contributed by atoms with Crippen molar-refractivity contribution < 1.29 is 30.0 Å². The monoisotopic (exact) mass is 502 g/mol. The summed E-state index contributed by atoms with van der Waals surface area (Å²) in [5.41, 5.74) is -3.93. The predicted octanol–water partition coefficient (Wildman–Crippen LogP) is 3.75. The zero-order valence-electron chi connectivity index (χ0n) is 23.3. The van der Waals surface area contributed by atoms with Crippen molar-refractivity contribution in [3.63, 3.8) is 0 Å². The van der Waals surface area contributed by atoms with E-state index in [1.165, 1.54) is 0 Å². The molecule has 3 fully saturated rings. The van der Waals surface area contributed by atoms with E-state index >= 15 is 0 Å². The van der Waals surface area contributed by atoms with E-state index in [1.807, 2.05) is 20.8 Å². The number of ketones is 2. The molecule has 9 unspecified atom stereocenters. The first-order valence-electron chi connectivity index (χ1n) is 13.5. The van der Waals surface area contributed by atoms with Crippen molar-refractivity contribution in [2.75, 3.05) is 0 Å². The molecule has 0 spiro atoms. The minimum atomic E-state index is -1.27. The van der Waals surface area contributed by atoms with Crippen molar-refractivity contribution in [2.24, 2.45) is 39.4 Å². The Kier molecular flexibility index (Phi) is 6.21. The molecule has 9 atom stereocenters. The maximum absolute atomic E-state index is 14.2. The largest absolute Gasteiger partial charge is 0.393 e. The molecule has 6 heteroatoms. The molecular weight excluding hydrogens is 456 g/mol. The van der Waals surface area contributed by atoms with Crippen LogP contribution in [-0.4, -0.2) is 55.4 Å². The maximum atomic E-state index is 14.2. The average molecular weight is 503 g/mol. The Morgan fingerprint density at radius 1 is 1.03 bits per heavy atom. The van der Waals surface area contributed by atoms with Crippen LogP contribution in [0.15, 0.2) is 23.8 Å². The SMILES string of the molecule is CC(C)(O)C=CCC(C)(O)C1C(O)CC2(C)C3CC=C4C(CC(O)C(=O)C4(C)C)C3(C)C(=O)CC12C. The summed E-state index contributed by atoms with van der Waals surface area (Å²) in [4.78, 5) is 27.0. The summed E-state index contributed by atoms with van der Waals surface area (Å²) in [5, 5.41) is 43.9. The number of carbonyl (C=O) groups is 2. The first-order valence-corrected chi connectivity index (χ1v) is 13.5. The molecule has 4 rings (SSSR count). The summed E-state index contributed by atoms with van der Waals surface area (Å²) in [6, 6.07) is 0. The Morgan fingerprint density at radius 3 is 2.22 bits per heavy atom. The molecule has 4 aliphatic carbocycles. The summed E-state index contributed by atoms with van der Waals surface area (Å²) >= 11 is 0. The van der Waals surface area contributed by atoms with Crippen LogP contribution in [0.5, 0.6) is 0 Å². The maximum Gasteiger partial charge on any atom is 0.170 e. The van der Waals surface area contributed by atoms with Gasteiger partial charge in [0.2, 0.25) is 0 Å². The van der Waals surface area contributed by atoms with Crippen LogP contribution in [0.1, 0.15) is 87.5 Å². The molecule has 0 aromatic rings. The van der Waals surface area contributed by atoms with Crippen LogP contribution in [-0.2, 0) is 9.59 Å². The average Bonchev–Trinajstić information content (AvgIpc) is 2.91. The predicted molar refractivity (Wildman–Crippen MR) is 138 cm³/mol. The third kappa shape index (κ3) is 3.65. The van der Waals surface area contributed by atoms with E-state index < -0.39 is 51.0 Å². The second-order valence-corrected chi connectivity index (χ2v) is 14.3. The van der Waals surface area contributed by atoms with Crippen LogP contribution >= 0.6 is 0 Å². The second kappa shape index (κ2) is 8.08. The number of allylic oxidation sites excluding steroid dienone is 2. The normalized spacial score (nSPS) is 46.1. The lowest BCUT2D eigenvalue weighted by Crippen LogP contribution is -2.64. The second-order valence-electron chi connectivity index (χ2n) is 14.3. The quantitative estimate of drug-likeness (QED) is 0.435. The van der Waals surface area contributed by atoms with E-state index in [1.54, 1.807) is 32.9 Å². The zero-order chi connectivity index (χ0) is 27.3. The molecule has 36 heavy (non-hydrogen) atoms. The van der Waals surface area contributed by atoms with Crippen molar-refractivity contribution >= 4 is 11.6 Å². The van der Waals surface area contributed by atoms with Gasteiger partial charge in [-0.05, 0) is 83.0 Å². The number of rotatable bonds is 4. The van der Waals surface area contributed by atoms with E-state index in [4.69, 9.17) is 0 Å². The van der Waals surface area contributed by atoms with Gasteiger partial charge in [0.15, 0.2) is 5.78 Å². The van der Waals surface area contributed by atoms with E-state index in [9.17, 15) is 30.0 Å². The number of carbonyl (C=O) groups excluding carboxylic acids is 2. The summed E-state index contributed by atoms with van der Waals surface area (Å²) in [5.74, 6) is -0.904. The van der Waals surface area contributed by atoms with Gasteiger partial charge in [-0.25, -0.2) is 0 Å². The fourth-order valence-electron chi connectivity index (χ4n) is 9.22. The molecule has 0 amide bonds. The number of aliphatic hydroxyl groups is 4. The first-order chi connectivity index (χ1) is 16.2. The number of hydrogen-bond donors (Lipinski definition) is 4. The van der Waals surface area contributed by atoms with Crippen molar-refractivity contribution in [3.8, 4) is 0 Å².